The third kappa shape index (κ3) is 2.53. The monoisotopic (exact) mass is 258 g/mol. The molecule has 0 aliphatic heterocycles. The average molecular weight is 258 g/mol. The van der Waals surface area contributed by atoms with Crippen molar-refractivity contribution in [2.45, 2.75) is 42.9 Å². The number of aliphatic hydroxyl groups is 1. The van der Waals surface area contributed by atoms with Gasteiger partial charge in [-0.2, -0.15) is 4.31 Å². The molecule has 1 fully saturated rings. The highest BCUT2D eigenvalue weighted by molar-refractivity contribution is 7.89. The van der Waals surface area contributed by atoms with Gasteiger partial charge < -0.3 is 10.1 Å². The molecule has 0 saturated heterocycles. The first kappa shape index (κ1) is 12.6. The molecular weight excluding hydrogens is 240 g/mol. The Morgan fingerprint density at radius 1 is 1.35 bits per heavy atom. The Kier molecular flexibility index (Phi) is 3.56. The molecule has 6 heteroatoms. The molecule has 5 nitrogen and oxygen atoms in total. The van der Waals surface area contributed by atoms with Crippen LogP contribution in [0, 0.1) is 0 Å². The number of hydrogen-bond donors (Lipinski definition) is 2. The average Bonchev–Trinajstić information content (AvgIpc) is 2.83. The summed E-state index contributed by atoms with van der Waals surface area (Å²) in [6.07, 6.45) is 4.12. The van der Waals surface area contributed by atoms with Crippen LogP contribution in [0.2, 0.25) is 0 Å². The van der Waals surface area contributed by atoms with Crippen molar-refractivity contribution in [2.24, 2.45) is 0 Å². The summed E-state index contributed by atoms with van der Waals surface area (Å²) in [6, 6.07) is 3.22. The minimum atomic E-state index is -3.42. The Morgan fingerprint density at radius 2 is 2.00 bits per heavy atom. The maximum Gasteiger partial charge on any atom is 0.258 e. The molecule has 0 amide bonds. The minimum absolute atomic E-state index is 0.00769. The zero-order chi connectivity index (χ0) is 12.5. The first-order valence-corrected chi connectivity index (χ1v) is 7.25. The van der Waals surface area contributed by atoms with Crippen LogP contribution in [0.5, 0.6) is 0 Å². The minimum Gasteiger partial charge on any atom is -0.393 e. The molecule has 1 heterocycles. The van der Waals surface area contributed by atoms with Gasteiger partial charge in [0.25, 0.3) is 10.0 Å². The number of nitrogens with one attached hydrogen (secondary N) is 1. The second kappa shape index (κ2) is 4.80. The summed E-state index contributed by atoms with van der Waals surface area (Å²) in [6.45, 7) is 0. The van der Waals surface area contributed by atoms with Gasteiger partial charge in [0, 0.05) is 19.3 Å². The number of aromatic nitrogens is 1. The van der Waals surface area contributed by atoms with Gasteiger partial charge in [0.2, 0.25) is 0 Å². The van der Waals surface area contributed by atoms with Crippen LogP contribution >= 0.6 is 0 Å². The van der Waals surface area contributed by atoms with E-state index in [0.29, 0.717) is 12.8 Å². The van der Waals surface area contributed by atoms with Crippen molar-refractivity contribution in [1.82, 2.24) is 9.29 Å². The topological polar surface area (TPSA) is 73.4 Å². The number of sulfonamides is 1. The molecule has 96 valence electrons. The van der Waals surface area contributed by atoms with Crippen LogP contribution in [-0.4, -0.2) is 42.0 Å². The van der Waals surface area contributed by atoms with E-state index in [1.807, 2.05) is 0 Å². The highest BCUT2D eigenvalue weighted by Gasteiger charge is 2.31. The third-order valence-corrected chi connectivity index (χ3v) is 5.27. The van der Waals surface area contributed by atoms with Crippen molar-refractivity contribution < 1.29 is 13.5 Å². The van der Waals surface area contributed by atoms with E-state index in [1.165, 1.54) is 4.31 Å². The predicted octanol–water partition coefficient (Wildman–Crippen LogP) is 0.939. The Labute approximate surface area is 102 Å². The fourth-order valence-corrected chi connectivity index (χ4v) is 3.63. The zero-order valence-corrected chi connectivity index (χ0v) is 10.7. The van der Waals surface area contributed by atoms with Gasteiger partial charge in [-0.3, -0.25) is 0 Å². The fraction of sp³-hybridized carbons (Fsp3) is 0.636. The second-order valence-corrected chi connectivity index (χ2v) is 6.48. The van der Waals surface area contributed by atoms with Crippen LogP contribution in [0.15, 0.2) is 23.4 Å². The van der Waals surface area contributed by atoms with Crippen molar-refractivity contribution in [3.63, 3.8) is 0 Å². The highest BCUT2D eigenvalue weighted by atomic mass is 32.2. The molecule has 2 rings (SSSR count). The van der Waals surface area contributed by atoms with Gasteiger partial charge >= 0.3 is 0 Å². The molecule has 1 saturated carbocycles. The van der Waals surface area contributed by atoms with Crippen LogP contribution in [0.4, 0.5) is 0 Å². The maximum atomic E-state index is 12.2. The van der Waals surface area contributed by atoms with Crippen molar-refractivity contribution >= 4 is 10.0 Å². The van der Waals surface area contributed by atoms with Gasteiger partial charge in [-0.25, -0.2) is 8.42 Å². The molecule has 0 radical (unpaired) electrons. The van der Waals surface area contributed by atoms with E-state index in [2.05, 4.69) is 4.98 Å². The summed E-state index contributed by atoms with van der Waals surface area (Å²) in [5, 5.41) is 9.65. The molecule has 0 bridgehead atoms. The lowest BCUT2D eigenvalue weighted by Gasteiger charge is -2.31. The van der Waals surface area contributed by atoms with Gasteiger partial charge in [0.15, 0.2) is 0 Å². The van der Waals surface area contributed by atoms with E-state index in [9.17, 15) is 13.5 Å². The molecule has 0 unspecified atom stereocenters. The lowest BCUT2D eigenvalue weighted by molar-refractivity contribution is 0.104. The van der Waals surface area contributed by atoms with Crippen LogP contribution in [0.1, 0.15) is 25.7 Å². The molecule has 17 heavy (non-hydrogen) atoms. The Balaban J connectivity index is 2.12. The van der Waals surface area contributed by atoms with Gasteiger partial charge in [-0.05, 0) is 37.8 Å². The standard InChI is InChI=1S/C11H18N2O3S/c1-13(9-4-6-10(14)7-5-9)17(15,16)11-3-2-8-12-11/h2-3,8-10,12,14H,4-7H2,1H3. The van der Waals surface area contributed by atoms with Crippen molar-refractivity contribution in [3.05, 3.63) is 18.3 Å². The second-order valence-electron chi connectivity index (χ2n) is 4.52. The zero-order valence-electron chi connectivity index (χ0n) is 9.83. The van der Waals surface area contributed by atoms with Crippen molar-refractivity contribution in [1.29, 1.82) is 0 Å². The first-order valence-electron chi connectivity index (χ1n) is 5.81. The molecule has 0 atom stereocenters. The van der Waals surface area contributed by atoms with Gasteiger partial charge in [0.1, 0.15) is 5.03 Å². The van der Waals surface area contributed by atoms with Crippen molar-refractivity contribution in [2.75, 3.05) is 7.05 Å². The number of aliphatic hydroxyl groups excluding tert-OH is 1. The molecule has 1 aliphatic carbocycles. The molecular formula is C11H18N2O3S. The third-order valence-electron chi connectivity index (χ3n) is 3.41. The molecule has 2 N–H and O–H groups in total. The SMILES string of the molecule is CN(C1CCC(O)CC1)S(=O)(=O)c1ccc[nH]1. The number of H-pyrrole nitrogens is 1. The van der Waals surface area contributed by atoms with Crippen molar-refractivity contribution in [3.8, 4) is 0 Å². The van der Waals surface area contributed by atoms with Crippen LogP contribution < -0.4 is 0 Å². The number of nitrogens with zero attached hydrogens (tertiary/aromatic N) is 1. The molecule has 1 aromatic heterocycles. The number of rotatable bonds is 3. The van der Waals surface area contributed by atoms with E-state index in [0.717, 1.165) is 12.8 Å². The lowest BCUT2D eigenvalue weighted by Crippen LogP contribution is -2.40. The maximum absolute atomic E-state index is 12.2. The van der Waals surface area contributed by atoms with Crippen LogP contribution in [0.3, 0.4) is 0 Å². The molecule has 0 aromatic carbocycles. The van der Waals surface area contributed by atoms with Gasteiger partial charge in [-0.1, -0.05) is 0 Å². The summed E-state index contributed by atoms with van der Waals surface area (Å²) in [5.41, 5.74) is 0. The predicted molar refractivity (Wildman–Crippen MR) is 64.0 cm³/mol. The quantitative estimate of drug-likeness (QED) is 0.847. The summed E-state index contributed by atoms with van der Waals surface area (Å²) in [7, 11) is -1.81. The van der Waals surface area contributed by atoms with E-state index >= 15 is 0 Å². The number of aromatic amines is 1. The fourth-order valence-electron chi connectivity index (χ4n) is 2.25. The van der Waals surface area contributed by atoms with E-state index in [-0.39, 0.29) is 17.2 Å². The first-order chi connectivity index (χ1) is 8.01. The summed E-state index contributed by atoms with van der Waals surface area (Å²) >= 11 is 0. The molecule has 1 aromatic rings. The van der Waals surface area contributed by atoms with E-state index in [1.54, 1.807) is 25.4 Å². The smallest absolute Gasteiger partial charge is 0.258 e. The molecule has 1 aliphatic rings. The van der Waals surface area contributed by atoms with E-state index < -0.39 is 10.0 Å². The lowest BCUT2D eigenvalue weighted by atomic mass is 9.93. The van der Waals surface area contributed by atoms with Gasteiger partial charge in [-0.15, -0.1) is 0 Å². The Hall–Kier alpha value is -0.850. The number of hydrogen-bond acceptors (Lipinski definition) is 3. The highest BCUT2D eigenvalue weighted by Crippen LogP contribution is 2.26. The Bertz CT molecular complexity index is 447. The normalized spacial score (nSPS) is 26.3. The largest absolute Gasteiger partial charge is 0.393 e. The van der Waals surface area contributed by atoms with E-state index in [4.69, 9.17) is 0 Å². The molecule has 0 spiro atoms. The summed E-state index contributed by atoms with van der Waals surface area (Å²) in [4.78, 5) is 2.73. The summed E-state index contributed by atoms with van der Waals surface area (Å²) in [5.74, 6) is 0. The Morgan fingerprint density at radius 3 is 2.53 bits per heavy atom. The van der Waals surface area contributed by atoms with Crippen LogP contribution in [0.25, 0.3) is 0 Å². The van der Waals surface area contributed by atoms with Crippen LogP contribution in [-0.2, 0) is 10.0 Å². The summed E-state index contributed by atoms with van der Waals surface area (Å²) < 4.78 is 25.8. The van der Waals surface area contributed by atoms with Gasteiger partial charge in [0.05, 0.1) is 6.10 Å².